The molecule has 47 heavy (non-hydrogen) atoms. The van der Waals surface area contributed by atoms with Gasteiger partial charge in [-0.25, -0.2) is 4.98 Å². The summed E-state index contributed by atoms with van der Waals surface area (Å²) in [5, 5.41) is 6.07. The zero-order valence-corrected chi connectivity index (χ0v) is 28.4. The van der Waals surface area contributed by atoms with Gasteiger partial charge in [0.1, 0.15) is 11.2 Å². The smallest absolute Gasteiger partial charge is 0.251 e. The first-order valence-electron chi connectivity index (χ1n) is 14.3. The van der Waals surface area contributed by atoms with Crippen LogP contribution in [0, 0.1) is 6.92 Å². The number of anilines is 1. The van der Waals surface area contributed by atoms with Crippen LogP contribution in [0.1, 0.15) is 32.7 Å². The number of likely N-dealkylation sites (N-methyl/N-ethyl adjacent to an activating group) is 1. The van der Waals surface area contributed by atoms with E-state index in [4.69, 9.17) is 27.9 Å². The monoisotopic (exact) mass is 734 g/mol. The Bertz CT molecular complexity index is 1970. The molecule has 3 heterocycles. The number of nitrogens with one attached hydrogen (secondary N) is 2. The summed E-state index contributed by atoms with van der Waals surface area (Å²) in [7, 11) is 1.56. The Morgan fingerprint density at radius 2 is 1.77 bits per heavy atom. The number of halogens is 3. The first kappa shape index (κ1) is 33.6. The number of hydrogen-bond acceptors (Lipinski definition) is 6. The second kappa shape index (κ2) is 15.3. The van der Waals surface area contributed by atoms with Crippen LogP contribution in [-0.4, -0.2) is 45.7 Å². The van der Waals surface area contributed by atoms with E-state index >= 15 is 0 Å². The molecule has 3 aromatic heterocycles. The Morgan fingerprint density at radius 3 is 2.51 bits per heavy atom. The van der Waals surface area contributed by atoms with Gasteiger partial charge in [-0.05, 0) is 88.6 Å². The van der Waals surface area contributed by atoms with Crippen LogP contribution < -0.4 is 20.3 Å². The van der Waals surface area contributed by atoms with Gasteiger partial charge in [0.15, 0.2) is 11.4 Å². The first-order valence-corrected chi connectivity index (χ1v) is 15.9. The number of aryl methyl sites for hydroxylation is 1. The molecular formula is C34H29BrCl2N6O4. The molecule has 0 aliphatic carbocycles. The minimum Gasteiger partial charge on any atom is -0.485 e. The molecule has 0 aliphatic heterocycles. The number of benzene rings is 2. The van der Waals surface area contributed by atoms with Crippen LogP contribution >= 0.6 is 39.1 Å². The molecule has 0 radical (unpaired) electrons. The van der Waals surface area contributed by atoms with E-state index in [1.54, 1.807) is 68.0 Å². The fraction of sp³-hybridized carbons (Fsp3) is 0.147. The third-order valence-corrected chi connectivity index (χ3v) is 8.94. The third-order valence-electron chi connectivity index (χ3n) is 7.20. The molecule has 3 amide bonds. The van der Waals surface area contributed by atoms with Crippen LogP contribution in [0.2, 0.25) is 10.0 Å². The van der Waals surface area contributed by atoms with E-state index in [1.807, 2.05) is 35.7 Å². The summed E-state index contributed by atoms with van der Waals surface area (Å²) in [6, 6.07) is 17.4. The number of carbonyl (C=O) groups is 3. The summed E-state index contributed by atoms with van der Waals surface area (Å²) in [4.78, 5) is 47.7. The van der Waals surface area contributed by atoms with Crippen molar-refractivity contribution in [2.45, 2.75) is 20.1 Å². The molecule has 2 aromatic carbocycles. The van der Waals surface area contributed by atoms with Crippen molar-refractivity contribution >= 4 is 74.3 Å². The maximum absolute atomic E-state index is 13.0. The van der Waals surface area contributed by atoms with Gasteiger partial charge in [0.25, 0.3) is 5.91 Å². The maximum atomic E-state index is 13.0. The highest BCUT2D eigenvalue weighted by Gasteiger charge is 2.20. The average Bonchev–Trinajstić information content (AvgIpc) is 3.38. The predicted octanol–water partition coefficient (Wildman–Crippen LogP) is 6.41. The number of carbonyl (C=O) groups excluding carboxylic acids is 3. The van der Waals surface area contributed by atoms with Gasteiger partial charge in [0.2, 0.25) is 11.8 Å². The molecule has 0 spiro atoms. The fourth-order valence-corrected chi connectivity index (χ4v) is 5.52. The summed E-state index contributed by atoms with van der Waals surface area (Å²) in [6.45, 7) is 2.05. The second-order valence-electron chi connectivity index (χ2n) is 10.4. The number of ether oxygens (including phenoxy) is 1. The lowest BCUT2D eigenvalue weighted by atomic mass is 10.1. The van der Waals surface area contributed by atoms with E-state index < -0.39 is 11.8 Å². The topological polar surface area (TPSA) is 118 Å². The van der Waals surface area contributed by atoms with Crippen LogP contribution in [0.25, 0.3) is 11.7 Å². The fourth-order valence-electron chi connectivity index (χ4n) is 4.54. The number of fused-ring (bicyclic) bond motifs is 1. The highest BCUT2D eigenvalue weighted by molar-refractivity contribution is 9.10. The van der Waals surface area contributed by atoms with Crippen LogP contribution in [0.15, 0.2) is 89.9 Å². The Labute approximate surface area is 289 Å². The van der Waals surface area contributed by atoms with Crippen molar-refractivity contribution in [1.82, 2.24) is 25.0 Å². The lowest BCUT2D eigenvalue weighted by molar-refractivity contribution is -0.122. The van der Waals surface area contributed by atoms with Gasteiger partial charge < -0.3 is 20.3 Å². The summed E-state index contributed by atoms with van der Waals surface area (Å²) in [6.07, 6.45) is 8.11. The van der Waals surface area contributed by atoms with Crippen LogP contribution in [0.5, 0.6) is 5.75 Å². The number of rotatable bonds is 11. The van der Waals surface area contributed by atoms with Gasteiger partial charge in [0.05, 0.1) is 22.9 Å². The molecule has 5 aromatic rings. The van der Waals surface area contributed by atoms with E-state index in [9.17, 15) is 14.4 Å². The third kappa shape index (κ3) is 8.18. The maximum Gasteiger partial charge on any atom is 0.251 e. The summed E-state index contributed by atoms with van der Waals surface area (Å²) >= 11 is 16.7. The molecular weight excluding hydrogens is 707 g/mol. The minimum absolute atomic E-state index is 0.0372. The van der Waals surface area contributed by atoms with Gasteiger partial charge in [-0.3, -0.25) is 23.8 Å². The molecule has 240 valence electrons. The number of aromatic nitrogens is 3. The standard InChI is InChI=1S/C34H29BrCl2N6O4/c1-21-32(35)43-17-3-4-28(33(43)41-21)47-20-25-26(36)10-11-27(31(25)37)42(2)30(45)19-39-29(44)12-7-22-5-8-24(9-6-22)34(46)40-18-23-13-15-38-16-14-23/h3-17H,18-20H2,1-2H3,(H,39,44)(H,40,46)/b12-7+. The molecule has 10 nitrogen and oxygen atoms in total. The Balaban J connectivity index is 1.14. The van der Waals surface area contributed by atoms with E-state index in [0.29, 0.717) is 45.3 Å². The van der Waals surface area contributed by atoms with Crippen molar-refractivity contribution in [3.63, 3.8) is 0 Å². The van der Waals surface area contributed by atoms with Crippen LogP contribution in [0.4, 0.5) is 5.69 Å². The average molecular weight is 736 g/mol. The van der Waals surface area contributed by atoms with Crippen molar-refractivity contribution in [1.29, 1.82) is 0 Å². The van der Waals surface area contributed by atoms with Crippen molar-refractivity contribution in [3.05, 3.63) is 128 Å². The van der Waals surface area contributed by atoms with Crippen molar-refractivity contribution in [2.75, 3.05) is 18.5 Å². The minimum atomic E-state index is -0.461. The Morgan fingerprint density at radius 1 is 1.02 bits per heavy atom. The second-order valence-corrected chi connectivity index (χ2v) is 11.9. The highest BCUT2D eigenvalue weighted by Crippen LogP contribution is 2.35. The highest BCUT2D eigenvalue weighted by atomic mass is 79.9. The summed E-state index contributed by atoms with van der Waals surface area (Å²) in [5.74, 6) is -0.532. The lowest BCUT2D eigenvalue weighted by Gasteiger charge is -2.21. The van der Waals surface area contributed by atoms with Crippen LogP contribution in [0.3, 0.4) is 0 Å². The molecule has 0 atom stereocenters. The van der Waals surface area contributed by atoms with Crippen LogP contribution in [-0.2, 0) is 22.7 Å². The number of imidazole rings is 1. The SMILES string of the molecule is Cc1nc2c(OCc3c(Cl)ccc(N(C)C(=O)CNC(=O)/C=C/c4ccc(C(=O)NCc5ccncc5)cc4)c3Cl)cccn2c1Br. The normalized spacial score (nSPS) is 11.1. The molecule has 5 rings (SSSR count). The quantitative estimate of drug-likeness (QED) is 0.152. The predicted molar refractivity (Wildman–Crippen MR) is 186 cm³/mol. The number of nitrogens with zero attached hydrogens (tertiary/aromatic N) is 4. The largest absolute Gasteiger partial charge is 0.485 e. The van der Waals surface area contributed by atoms with Crippen molar-refractivity contribution < 1.29 is 19.1 Å². The van der Waals surface area contributed by atoms with Gasteiger partial charge in [-0.1, -0.05) is 35.3 Å². The Hall–Kier alpha value is -4.71. The number of pyridine rings is 2. The molecule has 13 heteroatoms. The molecule has 0 fully saturated rings. The van der Waals surface area contributed by atoms with Crippen molar-refractivity contribution in [3.8, 4) is 5.75 Å². The first-order chi connectivity index (χ1) is 22.6. The zero-order valence-electron chi connectivity index (χ0n) is 25.3. The van der Waals surface area contributed by atoms with Gasteiger partial charge in [0, 0.05) is 54.4 Å². The zero-order chi connectivity index (χ0) is 33.5. The lowest BCUT2D eigenvalue weighted by Crippen LogP contribution is -2.37. The molecule has 0 saturated carbocycles. The summed E-state index contributed by atoms with van der Waals surface area (Å²) < 4.78 is 8.75. The van der Waals surface area contributed by atoms with Gasteiger partial charge >= 0.3 is 0 Å². The summed E-state index contributed by atoms with van der Waals surface area (Å²) in [5.41, 5.74) is 4.50. The van der Waals surface area contributed by atoms with E-state index in [0.717, 1.165) is 15.9 Å². The number of amides is 3. The van der Waals surface area contributed by atoms with E-state index in [2.05, 4.69) is 36.5 Å². The Kier molecular flexibility index (Phi) is 10.9. The van der Waals surface area contributed by atoms with E-state index in [1.165, 1.54) is 11.0 Å². The van der Waals surface area contributed by atoms with Gasteiger partial charge in [-0.2, -0.15) is 0 Å². The number of hydrogen-bond donors (Lipinski definition) is 2. The molecule has 0 aliphatic rings. The molecule has 2 N–H and O–H groups in total. The van der Waals surface area contributed by atoms with Crippen molar-refractivity contribution in [2.24, 2.45) is 0 Å². The van der Waals surface area contributed by atoms with Gasteiger partial charge in [-0.15, -0.1) is 0 Å². The molecule has 0 saturated heterocycles. The molecule has 0 bridgehead atoms. The molecule has 0 unspecified atom stereocenters. The van der Waals surface area contributed by atoms with E-state index in [-0.39, 0.29) is 24.1 Å².